The molecular weight excluding hydrogens is 250 g/mol. The van der Waals surface area contributed by atoms with Gasteiger partial charge in [0, 0.05) is 5.41 Å². The number of nitrogens with zero attached hydrogens (tertiary/aromatic N) is 1. The first-order valence-corrected chi connectivity index (χ1v) is 6.41. The molecule has 0 bridgehead atoms. The van der Waals surface area contributed by atoms with Gasteiger partial charge in [0.2, 0.25) is 0 Å². The van der Waals surface area contributed by atoms with E-state index in [-0.39, 0.29) is 11.1 Å². The van der Waals surface area contributed by atoms with Crippen molar-refractivity contribution < 1.29 is 14.3 Å². The molecule has 0 fully saturated rings. The van der Waals surface area contributed by atoms with Gasteiger partial charge in [-0.25, -0.2) is 9.78 Å². The highest BCUT2D eigenvalue weighted by molar-refractivity contribution is 7.15. The van der Waals surface area contributed by atoms with Crippen LogP contribution >= 0.6 is 11.3 Å². The van der Waals surface area contributed by atoms with E-state index in [1.165, 1.54) is 11.3 Å². The highest BCUT2D eigenvalue weighted by Gasteiger charge is 2.27. The minimum Gasteiger partial charge on any atom is -0.476 e. The molecule has 0 aromatic carbocycles. The summed E-state index contributed by atoms with van der Waals surface area (Å²) in [5.41, 5.74) is 0.817. The molecular formula is C13H15NO3S. The van der Waals surface area contributed by atoms with E-state index in [0.29, 0.717) is 10.6 Å². The van der Waals surface area contributed by atoms with Crippen molar-refractivity contribution in [2.24, 2.45) is 0 Å². The van der Waals surface area contributed by atoms with Crippen LogP contribution in [-0.4, -0.2) is 16.1 Å². The summed E-state index contributed by atoms with van der Waals surface area (Å²) < 4.78 is 5.37. The molecule has 2 aromatic rings. The maximum atomic E-state index is 11.3. The van der Waals surface area contributed by atoms with E-state index in [1.54, 1.807) is 6.26 Å². The van der Waals surface area contributed by atoms with Crippen LogP contribution in [0.4, 0.5) is 0 Å². The lowest BCUT2D eigenvalue weighted by molar-refractivity contribution is 0.0691. The number of hydrogen-bond acceptors (Lipinski definition) is 4. The van der Waals surface area contributed by atoms with Gasteiger partial charge < -0.3 is 9.52 Å². The fourth-order valence-corrected chi connectivity index (χ4v) is 2.71. The third kappa shape index (κ3) is 2.18. The molecule has 2 rings (SSSR count). The monoisotopic (exact) mass is 265 g/mol. The number of furan rings is 1. The Bertz CT molecular complexity index is 590. The predicted molar refractivity (Wildman–Crippen MR) is 70.2 cm³/mol. The largest absolute Gasteiger partial charge is 0.476 e. The van der Waals surface area contributed by atoms with Crippen LogP contribution in [0.25, 0.3) is 10.6 Å². The molecule has 5 heteroatoms. The smallest absolute Gasteiger partial charge is 0.356 e. The summed E-state index contributed by atoms with van der Waals surface area (Å²) in [7, 11) is 0. The molecule has 18 heavy (non-hydrogen) atoms. The first-order chi connectivity index (χ1) is 8.30. The molecule has 0 aliphatic rings. The maximum Gasteiger partial charge on any atom is 0.356 e. The van der Waals surface area contributed by atoms with E-state index >= 15 is 0 Å². The Kier molecular flexibility index (Phi) is 3.02. The highest BCUT2D eigenvalue weighted by Crippen LogP contribution is 2.37. The molecule has 0 unspecified atom stereocenters. The molecule has 0 aliphatic carbocycles. The Balaban J connectivity index is 2.63. The van der Waals surface area contributed by atoms with E-state index in [4.69, 9.17) is 4.42 Å². The van der Waals surface area contributed by atoms with Gasteiger partial charge in [-0.2, -0.15) is 0 Å². The van der Waals surface area contributed by atoms with Crippen LogP contribution in [0.15, 0.2) is 16.7 Å². The molecule has 2 heterocycles. The van der Waals surface area contributed by atoms with Crippen LogP contribution in [-0.2, 0) is 5.41 Å². The van der Waals surface area contributed by atoms with Crippen molar-refractivity contribution in [1.82, 2.24) is 4.98 Å². The quantitative estimate of drug-likeness (QED) is 0.899. The summed E-state index contributed by atoms with van der Waals surface area (Å²) in [6.45, 7) is 7.92. The maximum absolute atomic E-state index is 11.3. The van der Waals surface area contributed by atoms with E-state index in [0.717, 1.165) is 10.6 Å². The van der Waals surface area contributed by atoms with E-state index in [1.807, 2.05) is 33.8 Å². The van der Waals surface area contributed by atoms with Gasteiger partial charge in [-0.15, -0.1) is 11.3 Å². The number of carbonyl (C=O) groups is 1. The van der Waals surface area contributed by atoms with Gasteiger partial charge in [-0.1, -0.05) is 20.8 Å². The van der Waals surface area contributed by atoms with Gasteiger partial charge in [0.25, 0.3) is 0 Å². The predicted octanol–water partition coefficient (Wildman–Crippen LogP) is 3.71. The molecule has 0 spiro atoms. The van der Waals surface area contributed by atoms with Crippen molar-refractivity contribution in [2.75, 3.05) is 0 Å². The Hall–Kier alpha value is -1.62. The molecule has 4 nitrogen and oxygen atoms in total. The number of hydrogen-bond donors (Lipinski definition) is 1. The number of aromatic nitrogens is 1. The molecule has 2 aromatic heterocycles. The zero-order valence-electron chi connectivity index (χ0n) is 10.8. The van der Waals surface area contributed by atoms with E-state index < -0.39 is 5.97 Å². The third-order valence-electron chi connectivity index (χ3n) is 2.54. The fourth-order valence-electron chi connectivity index (χ4n) is 1.55. The zero-order valence-corrected chi connectivity index (χ0v) is 11.6. The first kappa shape index (κ1) is 12.8. The second kappa shape index (κ2) is 4.24. The molecule has 0 radical (unpaired) electrons. The van der Waals surface area contributed by atoms with Crippen LogP contribution in [0.3, 0.4) is 0 Å². The number of carboxylic acids is 1. The van der Waals surface area contributed by atoms with Crippen LogP contribution in [0.2, 0.25) is 0 Å². The summed E-state index contributed by atoms with van der Waals surface area (Å²) in [6.07, 6.45) is 1.56. The van der Waals surface area contributed by atoms with Crippen molar-refractivity contribution in [3.63, 3.8) is 0 Å². The average Bonchev–Trinajstić information content (AvgIpc) is 2.81. The number of carboxylic acid groups (broad SMARTS) is 1. The SMILES string of the molecule is Cc1ccoc1-c1sc(C(C)(C)C)nc1C(=O)O. The molecule has 96 valence electrons. The second-order valence-corrected chi connectivity index (χ2v) is 6.18. The lowest BCUT2D eigenvalue weighted by Crippen LogP contribution is -2.11. The van der Waals surface area contributed by atoms with Gasteiger partial charge in [-0.05, 0) is 18.6 Å². The summed E-state index contributed by atoms with van der Waals surface area (Å²) in [5.74, 6) is -0.423. The molecule has 1 N–H and O–H groups in total. The molecule has 0 amide bonds. The fraction of sp³-hybridized carbons (Fsp3) is 0.385. The Morgan fingerprint density at radius 3 is 2.56 bits per heavy atom. The molecule has 0 saturated carbocycles. The Morgan fingerprint density at radius 1 is 1.44 bits per heavy atom. The topological polar surface area (TPSA) is 63.3 Å². The van der Waals surface area contributed by atoms with Gasteiger partial charge in [0.1, 0.15) is 10.6 Å². The van der Waals surface area contributed by atoms with Gasteiger partial charge in [0.15, 0.2) is 5.69 Å². The summed E-state index contributed by atoms with van der Waals surface area (Å²) in [4.78, 5) is 16.1. The highest BCUT2D eigenvalue weighted by atomic mass is 32.1. The minimum atomic E-state index is -1.02. The van der Waals surface area contributed by atoms with Crippen LogP contribution in [0, 0.1) is 6.92 Å². The van der Waals surface area contributed by atoms with Gasteiger partial charge in [0.05, 0.1) is 11.3 Å². The van der Waals surface area contributed by atoms with Gasteiger partial charge in [-0.3, -0.25) is 0 Å². The summed E-state index contributed by atoms with van der Waals surface area (Å²) >= 11 is 1.38. The Labute approximate surface area is 109 Å². The second-order valence-electron chi connectivity index (χ2n) is 5.18. The number of aryl methyl sites for hydroxylation is 1. The van der Waals surface area contributed by atoms with Crippen molar-refractivity contribution in [2.45, 2.75) is 33.1 Å². The molecule has 0 aliphatic heterocycles. The molecule has 0 atom stereocenters. The number of thiazole rings is 1. The third-order valence-corrected chi connectivity index (χ3v) is 4.02. The lowest BCUT2D eigenvalue weighted by atomic mass is 9.98. The van der Waals surface area contributed by atoms with Crippen molar-refractivity contribution in [1.29, 1.82) is 0 Å². The van der Waals surface area contributed by atoms with Gasteiger partial charge >= 0.3 is 5.97 Å². The Morgan fingerprint density at radius 2 is 2.11 bits per heavy atom. The number of aromatic carboxylic acids is 1. The zero-order chi connectivity index (χ0) is 13.5. The number of rotatable bonds is 2. The van der Waals surface area contributed by atoms with Crippen molar-refractivity contribution in [3.8, 4) is 10.6 Å². The van der Waals surface area contributed by atoms with Crippen molar-refractivity contribution in [3.05, 3.63) is 28.6 Å². The van der Waals surface area contributed by atoms with E-state index in [9.17, 15) is 9.90 Å². The summed E-state index contributed by atoms with van der Waals surface area (Å²) in [5, 5.41) is 10.0. The van der Waals surface area contributed by atoms with Crippen molar-refractivity contribution >= 4 is 17.3 Å². The average molecular weight is 265 g/mol. The lowest BCUT2D eigenvalue weighted by Gasteiger charge is -2.13. The van der Waals surface area contributed by atoms with E-state index in [2.05, 4.69) is 4.98 Å². The normalized spacial score (nSPS) is 11.8. The first-order valence-electron chi connectivity index (χ1n) is 5.60. The summed E-state index contributed by atoms with van der Waals surface area (Å²) in [6, 6.07) is 1.82. The molecule has 0 saturated heterocycles. The standard InChI is InChI=1S/C13H15NO3S/c1-7-5-6-17-9(7)10-8(11(15)16)14-12(18-10)13(2,3)4/h5-6H,1-4H3,(H,15,16). The van der Waals surface area contributed by atoms with Crippen LogP contribution in [0.5, 0.6) is 0 Å². The minimum absolute atomic E-state index is 0.0722. The van der Waals surface area contributed by atoms with Crippen LogP contribution in [0.1, 0.15) is 41.8 Å². The van der Waals surface area contributed by atoms with Crippen LogP contribution < -0.4 is 0 Å².